The first-order valence-electron chi connectivity index (χ1n) is 4.25. The van der Waals surface area contributed by atoms with Gasteiger partial charge >= 0.3 is 0 Å². The Hall–Kier alpha value is -1.11. The normalized spacial score (nSPS) is 10.3. The van der Waals surface area contributed by atoms with E-state index in [1.165, 1.54) is 13.2 Å². The minimum atomic E-state index is -0.323. The smallest absolute Gasteiger partial charge is 0.136 e. The second kappa shape index (κ2) is 4.18. The third-order valence-corrected chi connectivity index (χ3v) is 2.86. The molecular formula is C10H8FIN2O. The lowest BCUT2D eigenvalue weighted by molar-refractivity contribution is 0.413. The van der Waals surface area contributed by atoms with Crippen molar-refractivity contribution < 1.29 is 9.13 Å². The highest BCUT2D eigenvalue weighted by Gasteiger charge is 2.15. The van der Waals surface area contributed by atoms with Crippen LogP contribution in [0.2, 0.25) is 0 Å². The molecule has 78 valence electrons. The number of rotatable bonds is 2. The van der Waals surface area contributed by atoms with Crippen LogP contribution in [0.15, 0.2) is 24.4 Å². The Bertz CT molecular complexity index is 484. The highest BCUT2D eigenvalue weighted by Crippen LogP contribution is 2.33. The number of halogens is 2. The Morgan fingerprint density at radius 3 is 2.87 bits per heavy atom. The van der Waals surface area contributed by atoms with Gasteiger partial charge in [0.2, 0.25) is 0 Å². The Kier molecular flexibility index (Phi) is 2.90. The lowest BCUT2D eigenvalue weighted by Gasteiger charge is -2.07. The van der Waals surface area contributed by atoms with E-state index in [1.807, 2.05) is 0 Å². The number of hydrogen-bond donors (Lipinski definition) is 1. The minimum Gasteiger partial charge on any atom is -0.496 e. The molecule has 0 fully saturated rings. The molecule has 0 atom stereocenters. The van der Waals surface area contributed by atoms with Crippen LogP contribution in [0.25, 0.3) is 11.3 Å². The topological polar surface area (TPSA) is 37.9 Å². The molecule has 0 bridgehead atoms. The summed E-state index contributed by atoms with van der Waals surface area (Å²) >= 11 is 2.09. The fourth-order valence-electron chi connectivity index (χ4n) is 1.36. The summed E-state index contributed by atoms with van der Waals surface area (Å²) in [5, 5.41) is 6.62. The number of methoxy groups -OCH3 is 1. The highest BCUT2D eigenvalue weighted by molar-refractivity contribution is 14.1. The van der Waals surface area contributed by atoms with Gasteiger partial charge in [0.05, 0.1) is 28.1 Å². The zero-order chi connectivity index (χ0) is 10.8. The summed E-state index contributed by atoms with van der Waals surface area (Å²) < 4.78 is 19.6. The van der Waals surface area contributed by atoms with Crippen molar-refractivity contribution in [2.45, 2.75) is 0 Å². The van der Waals surface area contributed by atoms with Gasteiger partial charge in [-0.3, -0.25) is 5.10 Å². The molecule has 0 aliphatic rings. The zero-order valence-electron chi connectivity index (χ0n) is 7.92. The summed E-state index contributed by atoms with van der Waals surface area (Å²) in [6.07, 6.45) is 1.64. The van der Waals surface area contributed by atoms with Crippen LogP contribution in [0.4, 0.5) is 4.39 Å². The van der Waals surface area contributed by atoms with Crippen molar-refractivity contribution in [3.05, 3.63) is 33.8 Å². The van der Waals surface area contributed by atoms with Crippen LogP contribution in [0, 0.1) is 9.39 Å². The molecule has 1 aromatic carbocycles. The number of hydrogen-bond acceptors (Lipinski definition) is 2. The molecular weight excluding hydrogens is 310 g/mol. The first kappa shape index (κ1) is 10.4. The molecule has 3 nitrogen and oxygen atoms in total. The molecule has 0 unspecified atom stereocenters. The van der Waals surface area contributed by atoms with Gasteiger partial charge in [-0.05, 0) is 34.7 Å². The lowest BCUT2D eigenvalue weighted by atomic mass is 10.1. The third kappa shape index (κ3) is 1.83. The predicted molar refractivity (Wildman–Crippen MR) is 63.3 cm³/mol. The minimum absolute atomic E-state index is 0.323. The van der Waals surface area contributed by atoms with E-state index in [2.05, 4.69) is 32.8 Å². The lowest BCUT2D eigenvalue weighted by Crippen LogP contribution is -1.92. The van der Waals surface area contributed by atoms with Crippen molar-refractivity contribution in [3.63, 3.8) is 0 Å². The zero-order valence-corrected chi connectivity index (χ0v) is 10.1. The van der Waals surface area contributed by atoms with E-state index in [0.29, 0.717) is 17.0 Å². The van der Waals surface area contributed by atoms with Crippen LogP contribution in [0.3, 0.4) is 0 Å². The van der Waals surface area contributed by atoms with Gasteiger partial charge in [-0.25, -0.2) is 4.39 Å². The van der Waals surface area contributed by atoms with Crippen molar-refractivity contribution in [2.24, 2.45) is 0 Å². The molecule has 15 heavy (non-hydrogen) atoms. The number of benzene rings is 1. The van der Waals surface area contributed by atoms with E-state index in [0.717, 1.165) is 3.57 Å². The van der Waals surface area contributed by atoms with Gasteiger partial charge in [0, 0.05) is 0 Å². The highest BCUT2D eigenvalue weighted by atomic mass is 127. The molecule has 2 aromatic rings. The van der Waals surface area contributed by atoms with Gasteiger partial charge in [0.1, 0.15) is 11.6 Å². The maximum atomic E-state index is 13.6. The van der Waals surface area contributed by atoms with Crippen LogP contribution in [-0.4, -0.2) is 17.3 Å². The Morgan fingerprint density at radius 1 is 1.47 bits per heavy atom. The number of ether oxygens (including phenoxy) is 1. The third-order valence-electron chi connectivity index (χ3n) is 2.04. The predicted octanol–water partition coefficient (Wildman–Crippen LogP) is 2.83. The molecule has 1 N–H and O–H groups in total. The number of nitrogens with one attached hydrogen (secondary N) is 1. The Morgan fingerprint density at radius 2 is 2.27 bits per heavy atom. The number of aromatic amines is 1. The van der Waals surface area contributed by atoms with Crippen molar-refractivity contribution in [1.82, 2.24) is 10.2 Å². The summed E-state index contributed by atoms with van der Waals surface area (Å²) in [6.45, 7) is 0. The maximum Gasteiger partial charge on any atom is 0.136 e. The Balaban J connectivity index is 2.66. The quantitative estimate of drug-likeness (QED) is 0.865. The Labute approximate surface area is 99.8 Å². The molecule has 1 aromatic heterocycles. The van der Waals surface area contributed by atoms with E-state index in [-0.39, 0.29) is 5.82 Å². The molecule has 0 amide bonds. The second-order valence-corrected chi connectivity index (χ2v) is 4.07. The monoisotopic (exact) mass is 318 g/mol. The molecule has 1 heterocycles. The van der Waals surface area contributed by atoms with Gasteiger partial charge in [-0.2, -0.15) is 5.10 Å². The van der Waals surface area contributed by atoms with Crippen LogP contribution in [0.1, 0.15) is 0 Å². The summed E-state index contributed by atoms with van der Waals surface area (Å²) in [5.74, 6) is 0.175. The van der Waals surface area contributed by atoms with Gasteiger partial charge in [0.15, 0.2) is 0 Å². The molecule has 0 spiro atoms. The van der Waals surface area contributed by atoms with E-state index in [9.17, 15) is 4.39 Å². The maximum absolute atomic E-state index is 13.6. The summed E-state index contributed by atoms with van der Waals surface area (Å²) in [6, 6.07) is 4.73. The van der Waals surface area contributed by atoms with E-state index in [1.54, 1.807) is 18.3 Å². The number of nitrogens with zero attached hydrogens (tertiary/aromatic N) is 1. The van der Waals surface area contributed by atoms with Crippen molar-refractivity contribution in [2.75, 3.05) is 7.11 Å². The van der Waals surface area contributed by atoms with Crippen LogP contribution in [0.5, 0.6) is 5.75 Å². The van der Waals surface area contributed by atoms with E-state index >= 15 is 0 Å². The van der Waals surface area contributed by atoms with E-state index in [4.69, 9.17) is 4.74 Å². The standard InChI is InChI=1S/C10H8FIN2O/c1-15-8-4-2-3-6(11)9(8)10-7(12)5-13-14-10/h2-5H,1H3,(H,13,14). The molecule has 0 saturated carbocycles. The van der Waals surface area contributed by atoms with Crippen molar-refractivity contribution in [1.29, 1.82) is 0 Å². The largest absolute Gasteiger partial charge is 0.496 e. The van der Waals surface area contributed by atoms with Gasteiger partial charge in [-0.15, -0.1) is 0 Å². The molecule has 0 radical (unpaired) electrons. The first-order chi connectivity index (χ1) is 7.24. The average Bonchev–Trinajstić information content (AvgIpc) is 2.64. The van der Waals surface area contributed by atoms with Gasteiger partial charge in [-0.1, -0.05) is 6.07 Å². The SMILES string of the molecule is COc1cccc(F)c1-c1[nH]ncc1I. The molecule has 0 saturated heterocycles. The molecule has 2 rings (SSSR count). The van der Waals surface area contributed by atoms with Crippen LogP contribution < -0.4 is 4.74 Å². The fraction of sp³-hybridized carbons (Fsp3) is 0.100. The van der Waals surface area contributed by atoms with Gasteiger partial charge < -0.3 is 4.74 Å². The van der Waals surface area contributed by atoms with Gasteiger partial charge in [0.25, 0.3) is 0 Å². The first-order valence-corrected chi connectivity index (χ1v) is 5.33. The van der Waals surface area contributed by atoms with E-state index < -0.39 is 0 Å². The summed E-state index contributed by atoms with van der Waals surface area (Å²) in [7, 11) is 1.52. The van der Waals surface area contributed by atoms with Crippen molar-refractivity contribution >= 4 is 22.6 Å². The number of H-pyrrole nitrogens is 1. The summed E-state index contributed by atoms with van der Waals surface area (Å²) in [4.78, 5) is 0. The average molecular weight is 318 g/mol. The second-order valence-electron chi connectivity index (χ2n) is 2.91. The molecule has 5 heteroatoms. The molecule has 0 aliphatic heterocycles. The van der Waals surface area contributed by atoms with Crippen LogP contribution >= 0.6 is 22.6 Å². The fourth-order valence-corrected chi connectivity index (χ4v) is 1.89. The van der Waals surface area contributed by atoms with Crippen LogP contribution in [-0.2, 0) is 0 Å². The van der Waals surface area contributed by atoms with Crippen molar-refractivity contribution in [3.8, 4) is 17.0 Å². The molecule has 0 aliphatic carbocycles. The summed E-state index contributed by atoms with van der Waals surface area (Å²) in [5.41, 5.74) is 1.06. The number of aromatic nitrogens is 2.